The van der Waals surface area contributed by atoms with Crippen LogP contribution in [-0.4, -0.2) is 52.1 Å². The molecule has 6 rings (SSSR count). The van der Waals surface area contributed by atoms with Gasteiger partial charge in [0.05, 0.1) is 0 Å². The van der Waals surface area contributed by atoms with Crippen molar-refractivity contribution in [3.8, 4) is 0 Å². The zero-order valence-corrected chi connectivity index (χ0v) is 31.4. The first kappa shape index (κ1) is 36.5. The molecule has 2 fully saturated rings. The van der Waals surface area contributed by atoms with Crippen molar-refractivity contribution in [3.63, 3.8) is 0 Å². The van der Waals surface area contributed by atoms with Gasteiger partial charge in [-0.25, -0.2) is 9.97 Å². The number of hydrogen-bond donors (Lipinski definition) is 1. The molecule has 4 heterocycles. The molecule has 0 radical (unpaired) electrons. The number of benzene rings is 2. The van der Waals surface area contributed by atoms with Gasteiger partial charge < -0.3 is 5.11 Å². The number of halogens is 2. The van der Waals surface area contributed by atoms with E-state index in [0.717, 1.165) is 41.6 Å². The largest absolute Gasteiger partial charge is 0.376 e. The molecule has 2 saturated heterocycles. The highest BCUT2D eigenvalue weighted by Crippen LogP contribution is 2.44. The van der Waals surface area contributed by atoms with Gasteiger partial charge in [0.15, 0.2) is 0 Å². The van der Waals surface area contributed by atoms with Crippen LogP contribution in [0.5, 0.6) is 0 Å². The number of nitrogens with zero attached hydrogens (tertiary/aromatic N) is 4. The summed E-state index contributed by atoms with van der Waals surface area (Å²) in [6.45, 7) is 15.4. The summed E-state index contributed by atoms with van der Waals surface area (Å²) in [5, 5.41) is 13.7. The first-order valence-electron chi connectivity index (χ1n) is 17.2. The summed E-state index contributed by atoms with van der Waals surface area (Å²) in [5.41, 5.74) is 5.95. The lowest BCUT2D eigenvalue weighted by Crippen LogP contribution is -2.32. The lowest BCUT2D eigenvalue weighted by molar-refractivity contribution is 0.122. The molecule has 48 heavy (non-hydrogen) atoms. The summed E-state index contributed by atoms with van der Waals surface area (Å²) in [6, 6.07) is 23.3. The highest BCUT2D eigenvalue weighted by Gasteiger charge is 2.39. The van der Waals surface area contributed by atoms with Crippen molar-refractivity contribution in [2.75, 3.05) is 27.2 Å². The third kappa shape index (κ3) is 7.98. The summed E-state index contributed by atoms with van der Waals surface area (Å²) >= 11 is 12.2. The lowest BCUT2D eigenvalue weighted by atomic mass is 9.75. The van der Waals surface area contributed by atoms with Gasteiger partial charge in [-0.2, -0.15) is 0 Å². The molecule has 4 aromatic rings. The van der Waals surface area contributed by atoms with Crippen molar-refractivity contribution in [2.24, 2.45) is 0 Å². The molecule has 0 amide bonds. The van der Waals surface area contributed by atoms with E-state index in [9.17, 15) is 5.11 Å². The normalized spacial score (nSPS) is 19.3. The number of likely N-dealkylation sites (tertiary alicyclic amines) is 2. The van der Waals surface area contributed by atoms with Gasteiger partial charge >= 0.3 is 0 Å². The predicted molar refractivity (Wildman–Crippen MR) is 200 cm³/mol. The van der Waals surface area contributed by atoms with Crippen molar-refractivity contribution in [1.82, 2.24) is 19.8 Å². The average Bonchev–Trinajstić information content (AvgIpc) is 3.68. The van der Waals surface area contributed by atoms with Gasteiger partial charge in [-0.3, -0.25) is 9.80 Å². The summed E-state index contributed by atoms with van der Waals surface area (Å²) in [7, 11) is 4.30. The molecule has 0 saturated carbocycles. The van der Waals surface area contributed by atoms with Gasteiger partial charge in [0.1, 0.15) is 15.9 Å². The fourth-order valence-electron chi connectivity index (χ4n) is 7.14. The van der Waals surface area contributed by atoms with E-state index in [4.69, 9.17) is 23.2 Å². The molecule has 5 nitrogen and oxygen atoms in total. The molecule has 2 aromatic carbocycles. The van der Waals surface area contributed by atoms with E-state index in [2.05, 4.69) is 130 Å². The highest BCUT2D eigenvalue weighted by atomic mass is 35.5. The van der Waals surface area contributed by atoms with Crippen LogP contribution >= 0.6 is 23.2 Å². The van der Waals surface area contributed by atoms with E-state index in [1.54, 1.807) is 0 Å². The van der Waals surface area contributed by atoms with Crippen molar-refractivity contribution in [2.45, 2.75) is 95.7 Å². The van der Waals surface area contributed by atoms with Crippen molar-refractivity contribution < 1.29 is 5.11 Å². The lowest BCUT2D eigenvalue weighted by Gasteiger charge is -2.35. The monoisotopic (exact) mass is 686 g/mol. The van der Waals surface area contributed by atoms with Gasteiger partial charge in [-0.15, -0.1) is 0 Å². The Hall–Kier alpha value is -2.80. The molecule has 2 aromatic heterocycles. The van der Waals surface area contributed by atoms with Crippen LogP contribution in [0.2, 0.25) is 10.3 Å². The Morgan fingerprint density at radius 2 is 1.08 bits per heavy atom. The molecule has 2 aliphatic heterocycles. The maximum absolute atomic E-state index is 12.8. The van der Waals surface area contributed by atoms with E-state index in [0.29, 0.717) is 16.3 Å². The fraction of sp³-hybridized carbons (Fsp3) is 0.463. The Morgan fingerprint density at radius 1 is 0.625 bits per heavy atom. The zero-order chi connectivity index (χ0) is 34.9. The predicted octanol–water partition coefficient (Wildman–Crippen LogP) is 9.88. The van der Waals surface area contributed by atoms with E-state index in [1.807, 2.05) is 24.5 Å². The van der Waals surface area contributed by atoms with Crippen molar-refractivity contribution in [3.05, 3.63) is 128 Å². The van der Waals surface area contributed by atoms with Crippen molar-refractivity contribution >= 4 is 23.2 Å². The summed E-state index contributed by atoms with van der Waals surface area (Å²) < 4.78 is 0. The number of hydrogen-bond acceptors (Lipinski definition) is 5. The van der Waals surface area contributed by atoms with Crippen LogP contribution in [0, 0.1) is 0 Å². The highest BCUT2D eigenvalue weighted by molar-refractivity contribution is 6.29. The number of pyridine rings is 2. The Bertz CT molecular complexity index is 1600. The fourth-order valence-corrected chi connectivity index (χ4v) is 7.41. The second-order valence-electron chi connectivity index (χ2n) is 15.7. The van der Waals surface area contributed by atoms with Crippen LogP contribution in [0.1, 0.15) is 118 Å². The zero-order valence-electron chi connectivity index (χ0n) is 29.9. The molecule has 0 spiro atoms. The molecule has 256 valence electrons. The van der Waals surface area contributed by atoms with E-state index in [1.165, 1.54) is 36.1 Å². The smallest absolute Gasteiger partial charge is 0.141 e. The van der Waals surface area contributed by atoms with Gasteiger partial charge in [0.2, 0.25) is 0 Å². The second-order valence-corrected chi connectivity index (χ2v) is 16.4. The van der Waals surface area contributed by atoms with E-state index < -0.39 is 5.60 Å². The van der Waals surface area contributed by atoms with Crippen LogP contribution in [0.25, 0.3) is 0 Å². The summed E-state index contributed by atoms with van der Waals surface area (Å²) in [4.78, 5) is 13.3. The minimum absolute atomic E-state index is 0.0305. The van der Waals surface area contributed by atoms with E-state index in [-0.39, 0.29) is 16.9 Å². The molecule has 0 bridgehead atoms. The summed E-state index contributed by atoms with van der Waals surface area (Å²) in [5.74, 6) is 0. The maximum Gasteiger partial charge on any atom is 0.141 e. The summed E-state index contributed by atoms with van der Waals surface area (Å²) in [6.07, 6.45) is 8.43. The topological polar surface area (TPSA) is 52.5 Å². The van der Waals surface area contributed by atoms with Crippen molar-refractivity contribution in [1.29, 1.82) is 0 Å². The minimum atomic E-state index is -1.36. The molecule has 1 N–H and O–H groups in total. The number of rotatable bonds is 5. The van der Waals surface area contributed by atoms with E-state index >= 15 is 0 Å². The number of aliphatic hydroxyl groups is 1. The first-order chi connectivity index (χ1) is 22.6. The standard InChI is InChI=1S/C31H39ClN2O.C10H13ClN2/c1-29(2,3)21-10-14-23(15-11-21)31(35,24-16-12-22(13-17-24)30(4,5)6)26-19-28(32)33-20-25(26)27-9-8-18-34(27)7;1-13-6-2-3-9(13)8-4-5-10(11)12-7-8/h10-17,19-20,27,35H,8-9,18H2,1-7H3;4-5,7,9H,2-3,6H2,1H3/t27-;9-/m00/s1. The molecular weight excluding hydrogens is 635 g/mol. The Morgan fingerprint density at radius 3 is 1.50 bits per heavy atom. The quantitative estimate of drug-likeness (QED) is 0.212. The molecule has 2 aliphatic rings. The van der Waals surface area contributed by atoms with Crippen LogP contribution in [-0.2, 0) is 16.4 Å². The van der Waals surface area contributed by atoms with Gasteiger partial charge in [-0.05, 0) is 109 Å². The minimum Gasteiger partial charge on any atom is -0.376 e. The average molecular weight is 688 g/mol. The van der Waals surface area contributed by atoms with Gasteiger partial charge in [0.25, 0.3) is 0 Å². The molecule has 0 aliphatic carbocycles. The third-order valence-corrected chi connectivity index (χ3v) is 10.6. The second kappa shape index (κ2) is 14.6. The Balaban J connectivity index is 0.000000288. The Labute approximate surface area is 298 Å². The first-order valence-corrected chi connectivity index (χ1v) is 18.0. The molecular formula is C41H52Cl2N4O. The van der Waals surface area contributed by atoms with Crippen LogP contribution < -0.4 is 0 Å². The number of aromatic nitrogens is 2. The van der Waals surface area contributed by atoms with Crippen LogP contribution in [0.15, 0.2) is 79.1 Å². The van der Waals surface area contributed by atoms with Crippen LogP contribution in [0.4, 0.5) is 0 Å². The molecule has 0 unspecified atom stereocenters. The van der Waals surface area contributed by atoms with Gasteiger partial charge in [0, 0.05) is 30.0 Å². The van der Waals surface area contributed by atoms with Crippen LogP contribution in [0.3, 0.4) is 0 Å². The maximum atomic E-state index is 12.8. The van der Waals surface area contributed by atoms with Gasteiger partial charge in [-0.1, -0.05) is 119 Å². The molecule has 2 atom stereocenters. The SMILES string of the molecule is CN1CCC[C@H]1c1ccc(Cl)nc1.CN1CCC[C@H]1c1cnc(Cl)cc1C(O)(c1ccc(C(C)(C)C)cc1)c1ccc(C(C)(C)C)cc1. The Kier molecular flexibility index (Phi) is 11.1. The third-order valence-electron chi connectivity index (χ3n) is 10.2. The molecule has 7 heteroatoms.